The van der Waals surface area contributed by atoms with Crippen LogP contribution in [-0.4, -0.2) is 0 Å². The molecule has 52 heavy (non-hydrogen) atoms. The monoisotopic (exact) mass is 668 g/mol. The summed E-state index contributed by atoms with van der Waals surface area (Å²) in [6.45, 7) is 4.71. The molecule has 3 nitrogen and oxygen atoms in total. The maximum atomic E-state index is 6.30. The van der Waals surface area contributed by atoms with Crippen LogP contribution in [-0.2, 0) is 5.41 Å². The van der Waals surface area contributed by atoms with Gasteiger partial charge in [0.2, 0.25) is 0 Å². The van der Waals surface area contributed by atoms with Gasteiger partial charge in [-0.05, 0) is 118 Å². The molecule has 0 unspecified atom stereocenters. The molecule has 10 rings (SSSR count). The topological polar surface area (TPSA) is 19.6 Å². The number of para-hydroxylation sites is 4. The summed E-state index contributed by atoms with van der Waals surface area (Å²) < 4.78 is 6.30. The van der Waals surface area contributed by atoms with E-state index >= 15 is 0 Å². The number of anilines is 6. The van der Waals surface area contributed by atoms with Crippen molar-refractivity contribution in [2.75, 3.05) is 9.80 Å². The molecule has 0 amide bonds. The van der Waals surface area contributed by atoms with Crippen LogP contribution in [0.1, 0.15) is 25.0 Å². The summed E-state index contributed by atoms with van der Waals surface area (Å²) in [6.07, 6.45) is 0. The van der Waals surface area contributed by atoms with E-state index in [4.69, 9.17) is 4.42 Å². The molecule has 0 bridgehead atoms. The average Bonchev–Trinajstić information content (AvgIpc) is 3.67. The molecule has 1 aliphatic carbocycles. The first-order valence-corrected chi connectivity index (χ1v) is 17.9. The Morgan fingerprint density at radius 1 is 0.385 bits per heavy atom. The SMILES string of the molecule is CC1(C)c2ccccc2-c2cc3cc(N(c4ccccc4)c4ccccc4)c(N(c4ccccc4)c4ccc5oc6ccccc6c5c4)cc3cc21. The molecule has 0 spiro atoms. The molecular weight excluding hydrogens is 633 g/mol. The van der Waals surface area contributed by atoms with Gasteiger partial charge in [-0.3, -0.25) is 0 Å². The number of hydrogen-bond donors (Lipinski definition) is 0. The van der Waals surface area contributed by atoms with Gasteiger partial charge in [0, 0.05) is 38.9 Å². The van der Waals surface area contributed by atoms with Crippen LogP contribution < -0.4 is 9.80 Å². The normalized spacial score (nSPS) is 13.0. The largest absolute Gasteiger partial charge is 0.456 e. The van der Waals surface area contributed by atoms with Crippen LogP contribution in [0.3, 0.4) is 0 Å². The molecule has 0 radical (unpaired) electrons. The summed E-state index contributed by atoms with van der Waals surface area (Å²) in [5, 5.41) is 4.61. The Hall–Kier alpha value is -6.58. The molecule has 0 fully saturated rings. The van der Waals surface area contributed by atoms with E-state index in [9.17, 15) is 0 Å². The van der Waals surface area contributed by atoms with Gasteiger partial charge >= 0.3 is 0 Å². The van der Waals surface area contributed by atoms with Crippen molar-refractivity contribution < 1.29 is 4.42 Å². The van der Waals surface area contributed by atoms with Gasteiger partial charge in [-0.2, -0.15) is 0 Å². The third-order valence-electron chi connectivity index (χ3n) is 10.8. The van der Waals surface area contributed by atoms with Crippen LogP contribution in [0.25, 0.3) is 43.8 Å². The van der Waals surface area contributed by atoms with Gasteiger partial charge in [0.15, 0.2) is 0 Å². The van der Waals surface area contributed by atoms with Crippen molar-refractivity contribution in [2.45, 2.75) is 19.3 Å². The maximum Gasteiger partial charge on any atom is 0.135 e. The first-order chi connectivity index (χ1) is 25.5. The number of furan rings is 1. The third kappa shape index (κ3) is 4.74. The second-order valence-electron chi connectivity index (χ2n) is 14.2. The summed E-state index contributed by atoms with van der Waals surface area (Å²) in [7, 11) is 0. The van der Waals surface area contributed by atoms with Crippen LogP contribution in [0.15, 0.2) is 186 Å². The second kappa shape index (κ2) is 11.8. The lowest BCUT2D eigenvalue weighted by atomic mass is 9.82. The third-order valence-corrected chi connectivity index (χ3v) is 10.8. The van der Waals surface area contributed by atoms with Gasteiger partial charge in [0.25, 0.3) is 0 Å². The van der Waals surface area contributed by atoms with Crippen LogP contribution in [0.5, 0.6) is 0 Å². The molecule has 9 aromatic rings. The van der Waals surface area contributed by atoms with E-state index in [1.54, 1.807) is 0 Å². The Morgan fingerprint density at radius 2 is 0.904 bits per heavy atom. The predicted octanol–water partition coefficient (Wildman–Crippen LogP) is 14.0. The minimum absolute atomic E-state index is 0.106. The fourth-order valence-electron chi connectivity index (χ4n) is 8.27. The zero-order valence-corrected chi connectivity index (χ0v) is 29.1. The zero-order valence-electron chi connectivity index (χ0n) is 29.1. The molecule has 1 aliphatic rings. The van der Waals surface area contributed by atoms with Crippen LogP contribution in [0, 0.1) is 0 Å². The van der Waals surface area contributed by atoms with Crippen molar-refractivity contribution in [3.63, 3.8) is 0 Å². The molecule has 1 aromatic heterocycles. The number of rotatable bonds is 6. The van der Waals surface area contributed by atoms with E-state index in [-0.39, 0.29) is 5.41 Å². The van der Waals surface area contributed by atoms with Gasteiger partial charge in [0.1, 0.15) is 11.2 Å². The molecule has 0 aliphatic heterocycles. The van der Waals surface area contributed by atoms with Gasteiger partial charge in [-0.15, -0.1) is 0 Å². The number of nitrogens with zero attached hydrogens (tertiary/aromatic N) is 2. The highest BCUT2D eigenvalue weighted by atomic mass is 16.3. The molecule has 0 atom stereocenters. The van der Waals surface area contributed by atoms with Gasteiger partial charge < -0.3 is 14.2 Å². The predicted molar refractivity (Wildman–Crippen MR) is 218 cm³/mol. The van der Waals surface area contributed by atoms with Crippen LogP contribution in [0.2, 0.25) is 0 Å². The Kier molecular flexibility index (Phi) is 6.84. The van der Waals surface area contributed by atoms with E-state index in [2.05, 4.69) is 194 Å². The Morgan fingerprint density at radius 3 is 1.56 bits per heavy atom. The fourth-order valence-corrected chi connectivity index (χ4v) is 8.27. The highest BCUT2D eigenvalue weighted by Gasteiger charge is 2.36. The molecule has 0 saturated heterocycles. The standard InChI is InChI=1S/C49H36N2O/c1-49(2)43-24-14-12-22-39(43)41-28-33-30-45(50(35-16-6-3-7-17-35)36-18-8-4-9-19-36)46(31-34(33)29-44(41)49)51(37-20-10-5-11-21-37)38-26-27-48-42(32-38)40-23-13-15-25-47(40)52-48/h3-32H,1-2H3. The lowest BCUT2D eigenvalue weighted by molar-refractivity contribution is 0.661. The molecule has 0 saturated carbocycles. The number of benzene rings is 8. The van der Waals surface area contributed by atoms with E-state index in [0.717, 1.165) is 56.1 Å². The van der Waals surface area contributed by atoms with Gasteiger partial charge in [0.05, 0.1) is 11.4 Å². The first kappa shape index (κ1) is 30.3. The summed E-state index contributed by atoms with van der Waals surface area (Å²) >= 11 is 0. The van der Waals surface area contributed by atoms with E-state index < -0.39 is 0 Å². The summed E-state index contributed by atoms with van der Waals surface area (Å²) in [5.74, 6) is 0. The highest BCUT2D eigenvalue weighted by Crippen LogP contribution is 2.52. The molecule has 248 valence electrons. The average molecular weight is 669 g/mol. The van der Waals surface area contributed by atoms with Crippen molar-refractivity contribution >= 4 is 66.8 Å². The number of fused-ring (bicyclic) bond motifs is 7. The van der Waals surface area contributed by atoms with Gasteiger partial charge in [-0.25, -0.2) is 0 Å². The van der Waals surface area contributed by atoms with Crippen LogP contribution in [0.4, 0.5) is 34.1 Å². The lowest BCUT2D eigenvalue weighted by Gasteiger charge is -2.34. The Balaban J connectivity index is 1.30. The Bertz CT molecular complexity index is 2730. The van der Waals surface area contributed by atoms with E-state index in [1.165, 1.54) is 33.0 Å². The fraction of sp³-hybridized carbons (Fsp3) is 0.0612. The molecular formula is C49H36N2O. The minimum Gasteiger partial charge on any atom is -0.456 e. The summed E-state index contributed by atoms with van der Waals surface area (Å²) in [4.78, 5) is 4.80. The highest BCUT2D eigenvalue weighted by molar-refractivity contribution is 6.08. The maximum absolute atomic E-state index is 6.30. The summed E-state index contributed by atoms with van der Waals surface area (Å²) in [5.41, 5.74) is 13.5. The summed E-state index contributed by atoms with van der Waals surface area (Å²) in [6, 6.07) is 65.5. The van der Waals surface area contributed by atoms with Crippen molar-refractivity contribution in [3.05, 3.63) is 193 Å². The van der Waals surface area contributed by atoms with E-state index in [0.29, 0.717) is 0 Å². The Labute approximate surface area is 303 Å². The smallest absolute Gasteiger partial charge is 0.135 e. The minimum atomic E-state index is -0.106. The zero-order chi connectivity index (χ0) is 34.8. The lowest BCUT2D eigenvalue weighted by Crippen LogP contribution is -2.17. The number of hydrogen-bond acceptors (Lipinski definition) is 3. The van der Waals surface area contributed by atoms with Crippen molar-refractivity contribution in [3.8, 4) is 11.1 Å². The molecule has 3 heteroatoms. The van der Waals surface area contributed by atoms with Gasteiger partial charge in [-0.1, -0.05) is 111 Å². The molecule has 1 heterocycles. The molecule has 8 aromatic carbocycles. The van der Waals surface area contributed by atoms with Crippen LogP contribution >= 0.6 is 0 Å². The van der Waals surface area contributed by atoms with Crippen molar-refractivity contribution in [2.24, 2.45) is 0 Å². The molecule has 0 N–H and O–H groups in total. The quantitative estimate of drug-likeness (QED) is 0.176. The second-order valence-corrected chi connectivity index (χ2v) is 14.2. The van der Waals surface area contributed by atoms with Crippen molar-refractivity contribution in [1.29, 1.82) is 0 Å². The van der Waals surface area contributed by atoms with Crippen molar-refractivity contribution in [1.82, 2.24) is 0 Å². The first-order valence-electron chi connectivity index (χ1n) is 17.9. The van der Waals surface area contributed by atoms with E-state index in [1.807, 2.05) is 12.1 Å².